The molecule has 5 nitrogen and oxygen atoms in total. The molecule has 0 fully saturated rings. The topological polar surface area (TPSA) is 51.1 Å². The standard InChI is InChI=1S/C22H21BrN2O3/c1-4-11-28-21-19(23)13-16(14-20(21)27-5-2)12-18-15(3)24-25(22(18)26)17-9-7-6-8-10-17/h4,6-10,12-14H,1,5,11H2,2-3H3/b18-12+. The predicted octanol–water partition coefficient (Wildman–Crippen LogP) is 5.22. The lowest BCUT2D eigenvalue weighted by Crippen LogP contribution is -2.21. The molecule has 0 aliphatic carbocycles. The molecule has 2 aromatic rings. The number of hydrogen-bond acceptors (Lipinski definition) is 4. The second-order valence-corrected chi connectivity index (χ2v) is 6.91. The van der Waals surface area contributed by atoms with Crippen molar-refractivity contribution in [2.75, 3.05) is 18.2 Å². The smallest absolute Gasteiger partial charge is 0.280 e. The molecule has 6 heteroatoms. The molecular formula is C22H21BrN2O3. The molecule has 28 heavy (non-hydrogen) atoms. The number of amides is 1. The van der Waals surface area contributed by atoms with E-state index in [1.807, 2.05) is 62.4 Å². The van der Waals surface area contributed by atoms with Gasteiger partial charge in [0, 0.05) is 0 Å². The molecule has 0 saturated carbocycles. The molecule has 1 aliphatic rings. The summed E-state index contributed by atoms with van der Waals surface area (Å²) in [5.41, 5.74) is 2.75. The highest BCUT2D eigenvalue weighted by Gasteiger charge is 2.28. The summed E-state index contributed by atoms with van der Waals surface area (Å²) in [6.07, 6.45) is 3.49. The number of halogens is 1. The zero-order valence-electron chi connectivity index (χ0n) is 15.8. The molecule has 1 heterocycles. The van der Waals surface area contributed by atoms with Crippen LogP contribution in [0.4, 0.5) is 5.69 Å². The summed E-state index contributed by atoms with van der Waals surface area (Å²) in [5.74, 6) is 1.05. The quantitative estimate of drug-likeness (QED) is 0.438. The highest BCUT2D eigenvalue weighted by molar-refractivity contribution is 9.10. The number of hydrogen-bond donors (Lipinski definition) is 0. The largest absolute Gasteiger partial charge is 0.490 e. The van der Waals surface area contributed by atoms with Gasteiger partial charge >= 0.3 is 0 Å². The first-order chi connectivity index (χ1) is 13.5. The first-order valence-corrected chi connectivity index (χ1v) is 9.71. The molecule has 0 radical (unpaired) electrons. The molecule has 0 atom stereocenters. The van der Waals surface area contributed by atoms with Crippen LogP contribution in [0, 0.1) is 0 Å². The number of nitrogens with zero attached hydrogens (tertiary/aromatic N) is 2. The van der Waals surface area contributed by atoms with E-state index in [0.29, 0.717) is 36.0 Å². The van der Waals surface area contributed by atoms with E-state index in [2.05, 4.69) is 27.6 Å². The van der Waals surface area contributed by atoms with Crippen LogP contribution >= 0.6 is 15.9 Å². The van der Waals surface area contributed by atoms with Gasteiger partial charge in [-0.3, -0.25) is 4.79 Å². The third-order valence-corrected chi connectivity index (χ3v) is 4.64. The number of rotatable bonds is 7. The zero-order chi connectivity index (χ0) is 20.1. The van der Waals surface area contributed by atoms with Crippen LogP contribution in [0.3, 0.4) is 0 Å². The number of hydrazone groups is 1. The van der Waals surface area contributed by atoms with Gasteiger partial charge in [-0.15, -0.1) is 0 Å². The van der Waals surface area contributed by atoms with Crippen LogP contribution in [0.5, 0.6) is 11.5 Å². The lowest BCUT2D eigenvalue weighted by molar-refractivity contribution is -0.114. The number of carbonyl (C=O) groups excluding carboxylic acids is 1. The van der Waals surface area contributed by atoms with Crippen molar-refractivity contribution in [2.45, 2.75) is 13.8 Å². The number of para-hydroxylation sites is 1. The Morgan fingerprint density at radius 1 is 1.21 bits per heavy atom. The second kappa shape index (κ2) is 8.89. The molecule has 0 aromatic heterocycles. The minimum absolute atomic E-state index is 0.162. The van der Waals surface area contributed by atoms with Gasteiger partial charge in [0.15, 0.2) is 11.5 Å². The van der Waals surface area contributed by atoms with Crippen molar-refractivity contribution in [1.82, 2.24) is 0 Å². The van der Waals surface area contributed by atoms with Crippen LogP contribution in [0.15, 0.2) is 70.3 Å². The monoisotopic (exact) mass is 440 g/mol. The summed E-state index contributed by atoms with van der Waals surface area (Å²) in [6.45, 7) is 8.27. The van der Waals surface area contributed by atoms with Crippen molar-refractivity contribution < 1.29 is 14.3 Å². The van der Waals surface area contributed by atoms with Gasteiger partial charge in [-0.05, 0) is 65.7 Å². The normalized spacial score (nSPS) is 15.0. The highest BCUT2D eigenvalue weighted by atomic mass is 79.9. The fourth-order valence-electron chi connectivity index (χ4n) is 2.81. The van der Waals surface area contributed by atoms with Crippen molar-refractivity contribution in [3.8, 4) is 11.5 Å². The van der Waals surface area contributed by atoms with Gasteiger partial charge in [0.25, 0.3) is 5.91 Å². The maximum atomic E-state index is 12.9. The lowest BCUT2D eigenvalue weighted by Gasteiger charge is -2.14. The molecule has 1 aliphatic heterocycles. The van der Waals surface area contributed by atoms with Crippen molar-refractivity contribution in [3.63, 3.8) is 0 Å². The summed E-state index contributed by atoms with van der Waals surface area (Å²) in [4.78, 5) is 12.9. The third kappa shape index (κ3) is 4.17. The number of anilines is 1. The van der Waals surface area contributed by atoms with Crippen LogP contribution in [-0.4, -0.2) is 24.8 Å². The Bertz CT molecular complexity index is 952. The molecule has 0 unspecified atom stereocenters. The van der Waals surface area contributed by atoms with Crippen LogP contribution in [0.1, 0.15) is 19.4 Å². The minimum Gasteiger partial charge on any atom is -0.490 e. The average Bonchev–Trinajstić information content (AvgIpc) is 2.96. The van der Waals surface area contributed by atoms with Crippen LogP contribution in [0.2, 0.25) is 0 Å². The van der Waals surface area contributed by atoms with Gasteiger partial charge in [0.05, 0.1) is 28.1 Å². The molecule has 144 valence electrons. The Morgan fingerprint density at radius 3 is 2.64 bits per heavy atom. The van der Waals surface area contributed by atoms with Gasteiger partial charge < -0.3 is 9.47 Å². The Labute approximate surface area is 173 Å². The van der Waals surface area contributed by atoms with E-state index in [1.165, 1.54) is 5.01 Å². The van der Waals surface area contributed by atoms with Gasteiger partial charge in [-0.1, -0.05) is 30.9 Å². The van der Waals surface area contributed by atoms with E-state index < -0.39 is 0 Å². The van der Waals surface area contributed by atoms with E-state index in [0.717, 1.165) is 15.7 Å². The van der Waals surface area contributed by atoms with Crippen molar-refractivity contribution in [1.29, 1.82) is 0 Å². The van der Waals surface area contributed by atoms with Gasteiger partial charge in [-0.2, -0.15) is 10.1 Å². The van der Waals surface area contributed by atoms with E-state index in [1.54, 1.807) is 6.08 Å². The number of benzene rings is 2. The van der Waals surface area contributed by atoms with E-state index >= 15 is 0 Å². The highest BCUT2D eigenvalue weighted by Crippen LogP contribution is 2.38. The molecule has 0 spiro atoms. The maximum absolute atomic E-state index is 12.9. The van der Waals surface area contributed by atoms with Gasteiger partial charge in [-0.25, -0.2) is 0 Å². The van der Waals surface area contributed by atoms with Crippen molar-refractivity contribution in [3.05, 3.63) is 70.7 Å². The summed E-state index contributed by atoms with van der Waals surface area (Å²) < 4.78 is 12.2. The van der Waals surface area contributed by atoms with Gasteiger partial charge in [0.2, 0.25) is 0 Å². The lowest BCUT2D eigenvalue weighted by atomic mass is 10.1. The average molecular weight is 441 g/mol. The first-order valence-electron chi connectivity index (χ1n) is 8.92. The zero-order valence-corrected chi connectivity index (χ0v) is 17.4. The minimum atomic E-state index is -0.162. The molecule has 3 rings (SSSR count). The maximum Gasteiger partial charge on any atom is 0.280 e. The van der Waals surface area contributed by atoms with Crippen molar-refractivity contribution >= 4 is 39.3 Å². The fourth-order valence-corrected chi connectivity index (χ4v) is 3.39. The molecule has 0 saturated heterocycles. The SMILES string of the molecule is C=CCOc1c(Br)cc(/C=C2/C(=O)N(c3ccccc3)N=C2C)cc1OCC. The second-order valence-electron chi connectivity index (χ2n) is 6.06. The molecule has 0 N–H and O–H groups in total. The van der Waals surface area contributed by atoms with E-state index in [9.17, 15) is 4.79 Å². The van der Waals surface area contributed by atoms with Crippen LogP contribution in [-0.2, 0) is 4.79 Å². The fraction of sp³-hybridized carbons (Fsp3) is 0.182. The summed E-state index contributed by atoms with van der Waals surface area (Å²) in [7, 11) is 0. The summed E-state index contributed by atoms with van der Waals surface area (Å²) in [5, 5.41) is 5.83. The number of ether oxygens (including phenoxy) is 2. The summed E-state index contributed by atoms with van der Waals surface area (Å²) >= 11 is 3.53. The Morgan fingerprint density at radius 2 is 1.96 bits per heavy atom. The predicted molar refractivity (Wildman–Crippen MR) is 116 cm³/mol. The molecular weight excluding hydrogens is 420 g/mol. The van der Waals surface area contributed by atoms with Crippen LogP contribution < -0.4 is 14.5 Å². The molecule has 1 amide bonds. The Balaban J connectivity index is 1.96. The van der Waals surface area contributed by atoms with E-state index in [-0.39, 0.29) is 5.91 Å². The van der Waals surface area contributed by atoms with Crippen LogP contribution in [0.25, 0.3) is 6.08 Å². The summed E-state index contributed by atoms with van der Waals surface area (Å²) in [6, 6.07) is 13.1. The third-order valence-electron chi connectivity index (χ3n) is 4.05. The molecule has 2 aromatic carbocycles. The first kappa shape index (κ1) is 19.9. The van der Waals surface area contributed by atoms with Crippen molar-refractivity contribution in [2.24, 2.45) is 5.10 Å². The van der Waals surface area contributed by atoms with Gasteiger partial charge in [0.1, 0.15) is 6.61 Å². The Hall–Kier alpha value is -2.86. The van der Waals surface area contributed by atoms with E-state index in [4.69, 9.17) is 9.47 Å². The number of carbonyl (C=O) groups is 1. The Kier molecular flexibility index (Phi) is 6.31. The molecule has 0 bridgehead atoms.